The first-order valence-corrected chi connectivity index (χ1v) is 8.51. The minimum absolute atomic E-state index is 0.104. The molecule has 1 aromatic carbocycles. The molecule has 1 aromatic rings. The monoisotopic (exact) mass is 286 g/mol. The molecular formula is C18H26N2O. The van der Waals surface area contributed by atoms with Crippen molar-refractivity contribution in [3.8, 4) is 0 Å². The minimum Gasteiger partial charge on any atom is -0.384 e. The van der Waals surface area contributed by atoms with Crippen molar-refractivity contribution in [2.24, 2.45) is 0 Å². The molecule has 2 N–H and O–H groups in total. The molecule has 3 nitrogen and oxygen atoms in total. The fourth-order valence-corrected chi connectivity index (χ4v) is 3.56. The average molecular weight is 286 g/mol. The van der Waals surface area contributed by atoms with Gasteiger partial charge in [0.05, 0.1) is 11.3 Å². The van der Waals surface area contributed by atoms with Crippen LogP contribution in [0, 0.1) is 0 Å². The third-order valence-electron chi connectivity index (χ3n) is 4.76. The van der Waals surface area contributed by atoms with Crippen molar-refractivity contribution < 1.29 is 4.79 Å². The number of hydrogen-bond acceptors (Lipinski definition) is 2. The van der Waals surface area contributed by atoms with Gasteiger partial charge in [0.1, 0.15) is 0 Å². The zero-order chi connectivity index (χ0) is 14.5. The van der Waals surface area contributed by atoms with Crippen LogP contribution in [0.25, 0.3) is 0 Å². The number of para-hydroxylation sites is 1. The summed E-state index contributed by atoms with van der Waals surface area (Å²) >= 11 is 0. The van der Waals surface area contributed by atoms with Crippen LogP contribution in [0.15, 0.2) is 18.2 Å². The Morgan fingerprint density at radius 1 is 1.05 bits per heavy atom. The lowest BCUT2D eigenvalue weighted by Gasteiger charge is -2.24. The molecule has 1 aliphatic heterocycles. The molecule has 1 aliphatic carbocycles. The molecule has 1 heterocycles. The Morgan fingerprint density at radius 3 is 2.62 bits per heavy atom. The summed E-state index contributed by atoms with van der Waals surface area (Å²) in [6.45, 7) is 0.973. The number of amides is 1. The Bertz CT molecular complexity index is 490. The van der Waals surface area contributed by atoms with Gasteiger partial charge in [-0.2, -0.15) is 0 Å². The van der Waals surface area contributed by atoms with E-state index in [1.54, 1.807) is 0 Å². The molecule has 0 bridgehead atoms. The molecule has 0 atom stereocenters. The van der Waals surface area contributed by atoms with Crippen LogP contribution in [0.3, 0.4) is 0 Å². The van der Waals surface area contributed by atoms with Crippen molar-refractivity contribution in [3.05, 3.63) is 29.3 Å². The SMILES string of the molecule is O=C(NC1CCCCCCC1)c1cccc2c1NCCC2. The van der Waals surface area contributed by atoms with Crippen LogP contribution < -0.4 is 10.6 Å². The predicted octanol–water partition coefficient (Wildman–Crippen LogP) is 3.89. The fourth-order valence-electron chi connectivity index (χ4n) is 3.56. The van der Waals surface area contributed by atoms with Crippen LogP contribution in [0.4, 0.5) is 5.69 Å². The van der Waals surface area contributed by atoms with Gasteiger partial charge in [0, 0.05) is 12.6 Å². The maximum Gasteiger partial charge on any atom is 0.253 e. The van der Waals surface area contributed by atoms with Crippen LogP contribution in [-0.2, 0) is 6.42 Å². The third kappa shape index (κ3) is 3.58. The van der Waals surface area contributed by atoms with Crippen LogP contribution in [-0.4, -0.2) is 18.5 Å². The second-order valence-electron chi connectivity index (χ2n) is 6.39. The predicted molar refractivity (Wildman–Crippen MR) is 86.8 cm³/mol. The molecule has 1 saturated carbocycles. The lowest BCUT2D eigenvalue weighted by molar-refractivity contribution is 0.0931. The molecule has 3 rings (SSSR count). The standard InChI is InChI=1S/C18H26N2O/c21-18(20-15-10-4-2-1-3-5-11-15)16-12-6-8-14-9-7-13-19-17(14)16/h6,8,12,15,19H,1-5,7,9-11,13H2,(H,20,21). The van der Waals surface area contributed by atoms with Gasteiger partial charge < -0.3 is 10.6 Å². The minimum atomic E-state index is 0.104. The maximum atomic E-state index is 12.6. The Labute approximate surface area is 127 Å². The number of anilines is 1. The van der Waals surface area contributed by atoms with Crippen molar-refractivity contribution >= 4 is 11.6 Å². The lowest BCUT2D eigenvalue weighted by Crippen LogP contribution is -2.36. The lowest BCUT2D eigenvalue weighted by atomic mass is 9.95. The van der Waals surface area contributed by atoms with Crippen molar-refractivity contribution in [1.82, 2.24) is 5.32 Å². The van der Waals surface area contributed by atoms with Crippen LogP contribution in [0.1, 0.15) is 67.3 Å². The van der Waals surface area contributed by atoms with Gasteiger partial charge in [-0.1, -0.05) is 44.2 Å². The van der Waals surface area contributed by atoms with Crippen molar-refractivity contribution in [2.45, 2.75) is 63.8 Å². The van der Waals surface area contributed by atoms with Gasteiger partial charge in [0.2, 0.25) is 0 Å². The van der Waals surface area contributed by atoms with Gasteiger partial charge in [-0.05, 0) is 37.3 Å². The Morgan fingerprint density at radius 2 is 1.81 bits per heavy atom. The van der Waals surface area contributed by atoms with E-state index in [9.17, 15) is 4.79 Å². The maximum absolute atomic E-state index is 12.6. The third-order valence-corrected chi connectivity index (χ3v) is 4.76. The number of fused-ring (bicyclic) bond motifs is 1. The first-order valence-electron chi connectivity index (χ1n) is 8.51. The smallest absolute Gasteiger partial charge is 0.253 e. The number of nitrogens with one attached hydrogen (secondary N) is 2. The van der Waals surface area contributed by atoms with E-state index >= 15 is 0 Å². The van der Waals surface area contributed by atoms with E-state index in [0.29, 0.717) is 6.04 Å². The molecule has 21 heavy (non-hydrogen) atoms. The summed E-state index contributed by atoms with van der Waals surface area (Å²) in [6.07, 6.45) is 11.0. The van der Waals surface area contributed by atoms with E-state index in [2.05, 4.69) is 16.7 Å². The van der Waals surface area contributed by atoms with Gasteiger partial charge >= 0.3 is 0 Å². The summed E-state index contributed by atoms with van der Waals surface area (Å²) in [6, 6.07) is 6.46. The van der Waals surface area contributed by atoms with E-state index in [1.807, 2.05) is 12.1 Å². The highest BCUT2D eigenvalue weighted by atomic mass is 16.1. The Hall–Kier alpha value is -1.51. The molecule has 0 aromatic heterocycles. The fraction of sp³-hybridized carbons (Fsp3) is 0.611. The number of hydrogen-bond donors (Lipinski definition) is 2. The molecule has 114 valence electrons. The zero-order valence-corrected chi connectivity index (χ0v) is 12.8. The summed E-state index contributed by atoms with van der Waals surface area (Å²) in [7, 11) is 0. The van der Waals surface area contributed by atoms with E-state index in [4.69, 9.17) is 0 Å². The van der Waals surface area contributed by atoms with E-state index < -0.39 is 0 Å². The van der Waals surface area contributed by atoms with Crippen LogP contribution in [0.5, 0.6) is 0 Å². The number of benzene rings is 1. The summed E-state index contributed by atoms with van der Waals surface area (Å²) < 4.78 is 0. The summed E-state index contributed by atoms with van der Waals surface area (Å²) in [5.41, 5.74) is 3.17. The van der Waals surface area contributed by atoms with Gasteiger partial charge in [-0.3, -0.25) is 4.79 Å². The highest BCUT2D eigenvalue weighted by Crippen LogP contribution is 2.26. The van der Waals surface area contributed by atoms with Crippen molar-refractivity contribution in [3.63, 3.8) is 0 Å². The zero-order valence-electron chi connectivity index (χ0n) is 12.8. The molecule has 1 amide bonds. The van der Waals surface area contributed by atoms with Gasteiger partial charge in [0.15, 0.2) is 0 Å². The van der Waals surface area contributed by atoms with Gasteiger partial charge in [-0.15, -0.1) is 0 Å². The second-order valence-corrected chi connectivity index (χ2v) is 6.39. The quantitative estimate of drug-likeness (QED) is 0.866. The summed E-state index contributed by atoms with van der Waals surface area (Å²) in [5, 5.41) is 6.68. The number of rotatable bonds is 2. The highest BCUT2D eigenvalue weighted by molar-refractivity contribution is 6.00. The van der Waals surface area contributed by atoms with E-state index in [1.165, 1.54) is 37.7 Å². The molecular weight excluding hydrogens is 260 g/mol. The van der Waals surface area contributed by atoms with E-state index in [0.717, 1.165) is 43.5 Å². The van der Waals surface area contributed by atoms with Crippen molar-refractivity contribution in [2.75, 3.05) is 11.9 Å². The summed E-state index contributed by atoms with van der Waals surface area (Å²) in [4.78, 5) is 12.6. The first kappa shape index (κ1) is 14.4. The first-order chi connectivity index (χ1) is 10.3. The summed E-state index contributed by atoms with van der Waals surface area (Å²) in [5.74, 6) is 0.104. The molecule has 3 heteroatoms. The van der Waals surface area contributed by atoms with Crippen LogP contribution >= 0.6 is 0 Å². The molecule has 1 fully saturated rings. The average Bonchev–Trinajstić information content (AvgIpc) is 2.49. The normalized spacial score (nSPS) is 19.8. The molecule has 0 saturated heterocycles. The molecule has 2 aliphatic rings. The Balaban J connectivity index is 1.70. The van der Waals surface area contributed by atoms with Crippen LogP contribution in [0.2, 0.25) is 0 Å². The number of carbonyl (C=O) groups excluding carboxylic acids is 1. The van der Waals surface area contributed by atoms with Gasteiger partial charge in [-0.25, -0.2) is 0 Å². The van der Waals surface area contributed by atoms with E-state index in [-0.39, 0.29) is 5.91 Å². The Kier molecular flexibility index (Phi) is 4.79. The molecule has 0 radical (unpaired) electrons. The largest absolute Gasteiger partial charge is 0.384 e. The second kappa shape index (κ2) is 6.97. The topological polar surface area (TPSA) is 41.1 Å². The highest BCUT2D eigenvalue weighted by Gasteiger charge is 2.20. The molecule has 0 unspecified atom stereocenters. The number of aryl methyl sites for hydroxylation is 1. The van der Waals surface area contributed by atoms with Crippen molar-refractivity contribution in [1.29, 1.82) is 0 Å². The number of carbonyl (C=O) groups is 1. The van der Waals surface area contributed by atoms with Gasteiger partial charge in [0.25, 0.3) is 5.91 Å². The molecule has 0 spiro atoms.